The SMILES string of the molecule is COc1cc(N)ccc1SCC1COC(Cn2ccnc2)(c2ccc(Cl)cc2Cl)O1.Cl.Cl. The van der Waals surface area contributed by atoms with Gasteiger partial charge in [0.05, 0.1) is 37.7 Å². The van der Waals surface area contributed by atoms with Gasteiger partial charge in [-0.25, -0.2) is 4.98 Å². The number of hydrogen-bond acceptors (Lipinski definition) is 6. The molecule has 0 radical (unpaired) electrons. The molecule has 0 aliphatic carbocycles. The third-order valence-corrected chi connectivity index (χ3v) is 6.50. The first-order valence-corrected chi connectivity index (χ1v) is 11.0. The molecule has 1 aromatic heterocycles. The smallest absolute Gasteiger partial charge is 0.215 e. The number of halogens is 4. The van der Waals surface area contributed by atoms with Crippen LogP contribution >= 0.6 is 59.8 Å². The van der Waals surface area contributed by atoms with Crippen LogP contribution in [0.2, 0.25) is 10.0 Å². The molecule has 0 saturated carbocycles. The van der Waals surface area contributed by atoms with Gasteiger partial charge in [0.25, 0.3) is 0 Å². The number of methoxy groups -OCH3 is 1. The van der Waals surface area contributed by atoms with Gasteiger partial charge in [0, 0.05) is 45.4 Å². The van der Waals surface area contributed by atoms with Gasteiger partial charge in [0.15, 0.2) is 0 Å². The molecule has 32 heavy (non-hydrogen) atoms. The first-order valence-electron chi connectivity index (χ1n) is 9.28. The second-order valence-corrected chi connectivity index (χ2v) is 8.79. The van der Waals surface area contributed by atoms with E-state index in [1.54, 1.807) is 43.5 Å². The Morgan fingerprint density at radius 2 is 2.06 bits per heavy atom. The molecule has 0 amide bonds. The Kier molecular flexibility index (Phi) is 9.85. The molecule has 2 heterocycles. The predicted octanol–water partition coefficient (Wildman–Crippen LogP) is 5.69. The van der Waals surface area contributed by atoms with Gasteiger partial charge in [-0.2, -0.15) is 0 Å². The summed E-state index contributed by atoms with van der Waals surface area (Å²) < 4.78 is 20.0. The fourth-order valence-electron chi connectivity index (χ4n) is 3.36. The van der Waals surface area contributed by atoms with Crippen molar-refractivity contribution in [1.82, 2.24) is 9.55 Å². The van der Waals surface area contributed by atoms with Crippen LogP contribution < -0.4 is 10.5 Å². The van der Waals surface area contributed by atoms with Gasteiger partial charge in [-0.1, -0.05) is 29.3 Å². The Hall–Kier alpha value is -1.32. The second kappa shape index (κ2) is 11.7. The van der Waals surface area contributed by atoms with E-state index in [9.17, 15) is 0 Å². The highest BCUT2D eigenvalue weighted by atomic mass is 35.5. The van der Waals surface area contributed by atoms with E-state index >= 15 is 0 Å². The van der Waals surface area contributed by atoms with E-state index < -0.39 is 5.79 Å². The Bertz CT molecular complexity index is 1030. The monoisotopic (exact) mass is 537 g/mol. The molecular formula is C21H23Cl4N3O3S. The summed E-state index contributed by atoms with van der Waals surface area (Å²) in [6, 6.07) is 10.9. The van der Waals surface area contributed by atoms with E-state index in [1.165, 1.54) is 0 Å². The van der Waals surface area contributed by atoms with Crippen molar-refractivity contribution in [2.45, 2.75) is 23.3 Å². The van der Waals surface area contributed by atoms with E-state index in [-0.39, 0.29) is 30.9 Å². The highest BCUT2D eigenvalue weighted by Crippen LogP contribution is 2.42. The van der Waals surface area contributed by atoms with Crippen molar-refractivity contribution in [3.63, 3.8) is 0 Å². The van der Waals surface area contributed by atoms with Crippen LogP contribution in [0.5, 0.6) is 5.75 Å². The zero-order chi connectivity index (χ0) is 21.1. The van der Waals surface area contributed by atoms with Crippen molar-refractivity contribution in [3.05, 3.63) is 70.7 Å². The first-order chi connectivity index (χ1) is 14.5. The van der Waals surface area contributed by atoms with Gasteiger partial charge >= 0.3 is 0 Å². The zero-order valence-electron chi connectivity index (χ0n) is 17.1. The zero-order valence-corrected chi connectivity index (χ0v) is 21.0. The number of imidazole rings is 1. The van der Waals surface area contributed by atoms with Crippen molar-refractivity contribution in [2.24, 2.45) is 0 Å². The number of hydrogen-bond donors (Lipinski definition) is 1. The average molecular weight is 539 g/mol. The summed E-state index contributed by atoms with van der Waals surface area (Å²) in [7, 11) is 1.63. The van der Waals surface area contributed by atoms with Gasteiger partial charge in [-0.15, -0.1) is 36.6 Å². The summed E-state index contributed by atoms with van der Waals surface area (Å²) in [5.74, 6) is 0.389. The first kappa shape index (κ1) is 26.9. The highest BCUT2D eigenvalue weighted by molar-refractivity contribution is 7.99. The van der Waals surface area contributed by atoms with Crippen LogP contribution in [0.4, 0.5) is 5.69 Å². The molecule has 1 fully saturated rings. The van der Waals surface area contributed by atoms with Gasteiger partial charge in [0.1, 0.15) is 5.75 Å². The Balaban J connectivity index is 0.00000181. The third kappa shape index (κ3) is 5.97. The van der Waals surface area contributed by atoms with Crippen LogP contribution in [0.1, 0.15) is 5.56 Å². The standard InChI is InChI=1S/C21H21Cl2N3O3S.2ClH/c1-27-19-9-15(24)3-5-20(19)30-11-16-10-28-21(29-16,12-26-7-6-25-13-26)17-4-2-14(22)8-18(17)23;;/h2-9,13,16H,10-12,24H2,1H3;2*1H. The molecule has 2 unspecified atom stereocenters. The summed E-state index contributed by atoms with van der Waals surface area (Å²) in [4.78, 5) is 5.11. The molecule has 1 aliphatic heterocycles. The fraction of sp³-hybridized carbons (Fsp3) is 0.286. The third-order valence-electron chi connectivity index (χ3n) is 4.76. The molecule has 6 nitrogen and oxygen atoms in total. The molecule has 11 heteroatoms. The van der Waals surface area contributed by atoms with Crippen molar-refractivity contribution in [3.8, 4) is 5.75 Å². The molecule has 0 spiro atoms. The number of anilines is 1. The minimum absolute atomic E-state index is 0. The van der Waals surface area contributed by atoms with E-state index in [2.05, 4.69) is 4.98 Å². The number of nitrogen functional groups attached to an aromatic ring is 1. The summed E-state index contributed by atoms with van der Waals surface area (Å²) in [6.45, 7) is 0.846. The van der Waals surface area contributed by atoms with E-state index in [0.29, 0.717) is 34.6 Å². The summed E-state index contributed by atoms with van der Waals surface area (Å²) >= 11 is 14.2. The quantitative estimate of drug-likeness (QED) is 0.308. The maximum absolute atomic E-state index is 6.51. The number of benzene rings is 2. The van der Waals surface area contributed by atoms with E-state index in [4.69, 9.17) is 43.1 Å². The largest absolute Gasteiger partial charge is 0.496 e. The highest BCUT2D eigenvalue weighted by Gasteiger charge is 2.45. The lowest BCUT2D eigenvalue weighted by Gasteiger charge is -2.30. The molecule has 0 bridgehead atoms. The van der Waals surface area contributed by atoms with Gasteiger partial charge in [-0.3, -0.25) is 0 Å². The van der Waals surface area contributed by atoms with Crippen molar-refractivity contribution >= 4 is 65.5 Å². The van der Waals surface area contributed by atoms with Crippen LogP contribution in [0.25, 0.3) is 0 Å². The fourth-order valence-corrected chi connectivity index (χ4v) is 4.89. The number of thioether (sulfide) groups is 1. The maximum atomic E-state index is 6.51. The second-order valence-electron chi connectivity index (χ2n) is 6.88. The molecule has 174 valence electrons. The van der Waals surface area contributed by atoms with Crippen LogP contribution in [0, 0.1) is 0 Å². The number of ether oxygens (including phenoxy) is 3. The van der Waals surface area contributed by atoms with Gasteiger partial charge in [-0.05, 0) is 24.3 Å². The van der Waals surface area contributed by atoms with Crippen LogP contribution in [-0.4, -0.2) is 35.1 Å². The lowest BCUT2D eigenvalue weighted by Crippen LogP contribution is -2.34. The number of nitrogens with two attached hydrogens (primary N) is 1. The lowest BCUT2D eigenvalue weighted by atomic mass is 10.1. The van der Waals surface area contributed by atoms with Crippen LogP contribution in [0.3, 0.4) is 0 Å². The maximum Gasteiger partial charge on any atom is 0.215 e. The minimum Gasteiger partial charge on any atom is -0.496 e. The predicted molar refractivity (Wildman–Crippen MR) is 134 cm³/mol. The Morgan fingerprint density at radius 1 is 1.25 bits per heavy atom. The lowest BCUT2D eigenvalue weighted by molar-refractivity contribution is -0.184. The topological polar surface area (TPSA) is 71.5 Å². The minimum atomic E-state index is -1.03. The van der Waals surface area contributed by atoms with Crippen molar-refractivity contribution in [2.75, 3.05) is 25.2 Å². The average Bonchev–Trinajstić information content (AvgIpc) is 3.37. The normalized spacial score (nSPS) is 19.8. The van der Waals surface area contributed by atoms with Crippen LogP contribution in [0.15, 0.2) is 60.0 Å². The number of rotatable bonds is 7. The molecular weight excluding hydrogens is 516 g/mol. The molecule has 2 aromatic carbocycles. The molecule has 1 aliphatic rings. The number of nitrogens with zero attached hydrogens (tertiary/aromatic N) is 2. The molecule has 1 saturated heterocycles. The van der Waals surface area contributed by atoms with Gasteiger partial charge in [0.2, 0.25) is 5.79 Å². The molecule has 4 rings (SSSR count). The Labute approximate surface area is 213 Å². The summed E-state index contributed by atoms with van der Waals surface area (Å²) in [5.41, 5.74) is 7.24. The number of aromatic nitrogens is 2. The molecule has 2 atom stereocenters. The molecule has 3 aromatic rings. The van der Waals surface area contributed by atoms with Crippen molar-refractivity contribution < 1.29 is 14.2 Å². The molecule has 2 N–H and O–H groups in total. The summed E-state index contributed by atoms with van der Waals surface area (Å²) in [5, 5.41) is 1.05. The van der Waals surface area contributed by atoms with E-state index in [0.717, 1.165) is 16.2 Å². The van der Waals surface area contributed by atoms with Crippen molar-refractivity contribution in [1.29, 1.82) is 0 Å². The van der Waals surface area contributed by atoms with Crippen LogP contribution in [-0.2, 0) is 21.8 Å². The van der Waals surface area contributed by atoms with E-state index in [1.807, 2.05) is 35.0 Å². The van der Waals surface area contributed by atoms with Gasteiger partial charge < -0.3 is 24.5 Å². The Morgan fingerprint density at radius 3 is 2.75 bits per heavy atom. The summed E-state index contributed by atoms with van der Waals surface area (Å²) in [6.07, 6.45) is 5.15.